The van der Waals surface area contributed by atoms with E-state index in [2.05, 4.69) is 0 Å². The SMILES string of the molecule is CCc1ccc(C(=O)N2CCC(C(=O)O)C(C)C2)cc1S(C)(=O)=O. The van der Waals surface area contributed by atoms with E-state index < -0.39 is 21.7 Å². The van der Waals surface area contributed by atoms with Crippen LogP contribution in [-0.4, -0.2) is 49.6 Å². The third kappa shape index (κ3) is 3.77. The second kappa shape index (κ2) is 6.93. The van der Waals surface area contributed by atoms with Crippen LogP contribution in [-0.2, 0) is 21.1 Å². The van der Waals surface area contributed by atoms with Crippen molar-refractivity contribution in [2.45, 2.75) is 31.6 Å². The Kier molecular flexibility index (Phi) is 5.32. The second-order valence-corrected chi connectivity index (χ2v) is 8.39. The summed E-state index contributed by atoms with van der Waals surface area (Å²) in [6, 6.07) is 4.76. The number of hydrogen-bond donors (Lipinski definition) is 1. The standard InChI is InChI=1S/C17H23NO5S/c1-4-12-5-6-13(9-15(12)24(3,22)23)16(19)18-8-7-14(17(20)21)11(2)10-18/h5-6,9,11,14H,4,7-8,10H2,1-3H3,(H,20,21). The number of carboxylic acid groups (broad SMARTS) is 1. The van der Waals surface area contributed by atoms with Crippen LogP contribution in [0.15, 0.2) is 23.1 Å². The van der Waals surface area contributed by atoms with Crippen LogP contribution in [0.4, 0.5) is 0 Å². The van der Waals surface area contributed by atoms with E-state index in [1.165, 1.54) is 6.07 Å². The van der Waals surface area contributed by atoms with Crippen LogP contribution in [0.3, 0.4) is 0 Å². The van der Waals surface area contributed by atoms with Gasteiger partial charge in [0.15, 0.2) is 9.84 Å². The van der Waals surface area contributed by atoms with Gasteiger partial charge in [-0.05, 0) is 36.5 Å². The first-order valence-electron chi connectivity index (χ1n) is 8.00. The van der Waals surface area contributed by atoms with Crippen molar-refractivity contribution in [3.05, 3.63) is 29.3 Å². The molecule has 2 atom stereocenters. The van der Waals surface area contributed by atoms with Crippen LogP contribution < -0.4 is 0 Å². The van der Waals surface area contributed by atoms with E-state index >= 15 is 0 Å². The lowest BCUT2D eigenvalue weighted by Crippen LogP contribution is -2.45. The number of amides is 1. The van der Waals surface area contributed by atoms with Gasteiger partial charge in [-0.15, -0.1) is 0 Å². The first-order valence-corrected chi connectivity index (χ1v) is 9.89. The van der Waals surface area contributed by atoms with Gasteiger partial charge in [-0.3, -0.25) is 9.59 Å². The van der Waals surface area contributed by atoms with Crippen molar-refractivity contribution >= 4 is 21.7 Å². The molecule has 1 amide bonds. The average molecular weight is 353 g/mol. The zero-order valence-electron chi connectivity index (χ0n) is 14.2. The Balaban J connectivity index is 2.27. The maximum Gasteiger partial charge on any atom is 0.306 e. The molecule has 0 spiro atoms. The maximum absolute atomic E-state index is 12.7. The summed E-state index contributed by atoms with van der Waals surface area (Å²) in [5, 5.41) is 9.16. The highest BCUT2D eigenvalue weighted by molar-refractivity contribution is 7.90. The fourth-order valence-corrected chi connectivity index (χ4v) is 4.23. The lowest BCUT2D eigenvalue weighted by molar-refractivity contribution is -0.145. The highest BCUT2D eigenvalue weighted by Gasteiger charge is 2.33. The first kappa shape index (κ1) is 18.4. The Bertz CT molecular complexity index is 756. The lowest BCUT2D eigenvalue weighted by Gasteiger charge is -2.35. The van der Waals surface area contributed by atoms with Crippen molar-refractivity contribution in [1.29, 1.82) is 0 Å². The average Bonchev–Trinajstić information content (AvgIpc) is 2.52. The molecule has 24 heavy (non-hydrogen) atoms. The Morgan fingerprint density at radius 2 is 2.00 bits per heavy atom. The van der Waals surface area contributed by atoms with Crippen molar-refractivity contribution in [2.24, 2.45) is 11.8 Å². The van der Waals surface area contributed by atoms with Gasteiger partial charge in [-0.1, -0.05) is 19.9 Å². The molecule has 1 N–H and O–H groups in total. The van der Waals surface area contributed by atoms with E-state index in [9.17, 15) is 18.0 Å². The molecule has 6 nitrogen and oxygen atoms in total. The monoisotopic (exact) mass is 353 g/mol. The number of carbonyl (C=O) groups is 2. The number of nitrogens with zero attached hydrogens (tertiary/aromatic N) is 1. The summed E-state index contributed by atoms with van der Waals surface area (Å²) in [6.07, 6.45) is 2.11. The van der Waals surface area contributed by atoms with Crippen LogP contribution in [0.5, 0.6) is 0 Å². The van der Waals surface area contributed by atoms with E-state index in [0.717, 1.165) is 6.26 Å². The number of likely N-dealkylation sites (tertiary alicyclic amines) is 1. The van der Waals surface area contributed by atoms with Gasteiger partial charge in [0.2, 0.25) is 0 Å². The first-order chi connectivity index (χ1) is 11.1. The van der Waals surface area contributed by atoms with Crippen LogP contribution in [0.2, 0.25) is 0 Å². The molecule has 0 aromatic heterocycles. The normalized spacial score (nSPS) is 21.5. The number of piperidine rings is 1. The number of carbonyl (C=O) groups excluding carboxylic acids is 1. The lowest BCUT2D eigenvalue weighted by atomic mass is 9.87. The van der Waals surface area contributed by atoms with Crippen LogP contribution in [0, 0.1) is 11.8 Å². The predicted molar refractivity (Wildman–Crippen MR) is 89.7 cm³/mol. The minimum Gasteiger partial charge on any atom is -0.481 e. The zero-order valence-corrected chi connectivity index (χ0v) is 15.0. The van der Waals surface area contributed by atoms with Gasteiger partial charge in [0.25, 0.3) is 5.91 Å². The van der Waals surface area contributed by atoms with Crippen molar-refractivity contribution in [1.82, 2.24) is 4.90 Å². The molecule has 1 aromatic rings. The van der Waals surface area contributed by atoms with Gasteiger partial charge < -0.3 is 10.0 Å². The van der Waals surface area contributed by atoms with Crippen LogP contribution in [0.25, 0.3) is 0 Å². The van der Waals surface area contributed by atoms with Gasteiger partial charge in [0.05, 0.1) is 10.8 Å². The van der Waals surface area contributed by atoms with Gasteiger partial charge in [0.1, 0.15) is 0 Å². The molecule has 1 aliphatic rings. The Labute approximate surface area is 142 Å². The third-order valence-electron chi connectivity index (χ3n) is 4.60. The highest BCUT2D eigenvalue weighted by Crippen LogP contribution is 2.26. The molecule has 1 aromatic carbocycles. The Hall–Kier alpha value is -1.89. The van der Waals surface area contributed by atoms with Gasteiger partial charge in [-0.2, -0.15) is 0 Å². The number of carboxylic acids is 1. The number of aryl methyl sites for hydroxylation is 1. The molecule has 0 aliphatic carbocycles. The molecular formula is C17H23NO5S. The molecule has 1 heterocycles. The zero-order chi connectivity index (χ0) is 18.1. The van der Waals surface area contributed by atoms with Gasteiger partial charge >= 0.3 is 5.97 Å². The molecule has 1 aliphatic heterocycles. The topological polar surface area (TPSA) is 91.8 Å². The number of benzene rings is 1. The van der Waals surface area contributed by atoms with E-state index in [0.29, 0.717) is 37.1 Å². The summed E-state index contributed by atoms with van der Waals surface area (Å²) in [7, 11) is -3.41. The smallest absolute Gasteiger partial charge is 0.306 e. The molecule has 2 rings (SSSR count). The van der Waals surface area contributed by atoms with Crippen molar-refractivity contribution in [2.75, 3.05) is 19.3 Å². The van der Waals surface area contributed by atoms with E-state index in [1.54, 1.807) is 17.0 Å². The number of rotatable bonds is 4. The second-order valence-electron chi connectivity index (χ2n) is 6.41. The Morgan fingerprint density at radius 3 is 2.50 bits per heavy atom. The van der Waals surface area contributed by atoms with E-state index in [4.69, 9.17) is 5.11 Å². The summed E-state index contributed by atoms with van der Waals surface area (Å²) in [4.78, 5) is 25.6. The van der Waals surface area contributed by atoms with Gasteiger partial charge in [-0.25, -0.2) is 8.42 Å². The highest BCUT2D eigenvalue weighted by atomic mass is 32.2. The maximum atomic E-state index is 12.7. The largest absolute Gasteiger partial charge is 0.481 e. The number of hydrogen-bond acceptors (Lipinski definition) is 4. The van der Waals surface area contributed by atoms with E-state index in [-0.39, 0.29) is 16.7 Å². The van der Waals surface area contributed by atoms with Crippen LogP contribution in [0.1, 0.15) is 36.2 Å². The molecule has 132 valence electrons. The molecule has 1 fully saturated rings. The third-order valence-corrected chi connectivity index (χ3v) is 5.78. The quantitative estimate of drug-likeness (QED) is 0.892. The fraction of sp³-hybridized carbons (Fsp3) is 0.529. The summed E-state index contributed by atoms with van der Waals surface area (Å²) >= 11 is 0. The number of aliphatic carboxylic acids is 1. The van der Waals surface area contributed by atoms with E-state index in [1.807, 2.05) is 13.8 Å². The molecule has 0 radical (unpaired) electrons. The fourth-order valence-electron chi connectivity index (χ4n) is 3.20. The summed E-state index contributed by atoms with van der Waals surface area (Å²) in [5.41, 5.74) is 1.01. The van der Waals surface area contributed by atoms with Crippen molar-refractivity contribution < 1.29 is 23.1 Å². The minimum absolute atomic E-state index is 0.135. The molecule has 7 heteroatoms. The van der Waals surface area contributed by atoms with Crippen molar-refractivity contribution in [3.8, 4) is 0 Å². The Morgan fingerprint density at radius 1 is 1.33 bits per heavy atom. The molecule has 1 saturated heterocycles. The summed E-state index contributed by atoms with van der Waals surface area (Å²) < 4.78 is 23.9. The van der Waals surface area contributed by atoms with Gasteiger partial charge in [0, 0.05) is 24.9 Å². The van der Waals surface area contributed by atoms with Crippen LogP contribution >= 0.6 is 0 Å². The summed E-state index contributed by atoms with van der Waals surface area (Å²) in [5.74, 6) is -1.66. The molecular weight excluding hydrogens is 330 g/mol. The molecule has 0 bridgehead atoms. The summed E-state index contributed by atoms with van der Waals surface area (Å²) in [6.45, 7) is 4.41. The predicted octanol–water partition coefficient (Wildman–Crippen LogP) is 1.84. The number of sulfone groups is 1. The van der Waals surface area contributed by atoms with Crippen molar-refractivity contribution in [3.63, 3.8) is 0 Å². The molecule has 0 saturated carbocycles. The minimum atomic E-state index is -3.41. The molecule has 2 unspecified atom stereocenters.